The Balaban J connectivity index is 1.95. The molecule has 2 aromatic rings. The smallest absolute Gasteiger partial charge is 0.427 e. The van der Waals surface area contributed by atoms with Crippen LogP contribution in [0.5, 0.6) is 0 Å². The lowest BCUT2D eigenvalue weighted by atomic mass is 10.2. The lowest BCUT2D eigenvalue weighted by Crippen LogP contribution is -2.18. The zero-order chi connectivity index (χ0) is 13.5. The Bertz CT molecular complexity index is 547. The maximum absolute atomic E-state index is 11.0. The number of hydrogen-bond acceptors (Lipinski definition) is 4. The molecule has 1 aromatic carbocycles. The predicted molar refractivity (Wildman–Crippen MR) is 71.3 cm³/mol. The number of rotatable bonds is 4. The molecule has 0 saturated carbocycles. The molecule has 2 rings (SSSR count). The van der Waals surface area contributed by atoms with Crippen LogP contribution in [0.2, 0.25) is 0 Å². The van der Waals surface area contributed by atoms with E-state index < -0.39 is 6.09 Å². The highest BCUT2D eigenvalue weighted by Crippen LogP contribution is 2.07. The van der Waals surface area contributed by atoms with Crippen molar-refractivity contribution in [2.24, 2.45) is 5.10 Å². The van der Waals surface area contributed by atoms with E-state index in [2.05, 4.69) is 20.2 Å². The first-order valence-electron chi connectivity index (χ1n) is 5.84. The van der Waals surface area contributed by atoms with Crippen molar-refractivity contribution >= 4 is 12.3 Å². The van der Waals surface area contributed by atoms with E-state index in [1.165, 1.54) is 0 Å². The first-order valence-corrected chi connectivity index (χ1v) is 5.84. The second-order valence-corrected chi connectivity index (χ2v) is 3.65. The summed E-state index contributed by atoms with van der Waals surface area (Å²) in [6.45, 7) is 2.05. The molecule has 1 heterocycles. The third-order valence-electron chi connectivity index (χ3n) is 2.34. The summed E-state index contributed by atoms with van der Waals surface area (Å²) in [7, 11) is 0. The third-order valence-corrected chi connectivity index (χ3v) is 2.34. The molecule has 0 aliphatic rings. The summed E-state index contributed by atoms with van der Waals surface area (Å²) in [6.07, 6.45) is 6.30. The molecule has 0 spiro atoms. The molecule has 1 N–H and O–H groups in total. The largest absolute Gasteiger partial charge is 0.449 e. The molecule has 98 valence electrons. The number of hydrogen-bond donors (Lipinski definition) is 1. The Hall–Kier alpha value is -2.63. The van der Waals surface area contributed by atoms with Gasteiger partial charge >= 0.3 is 6.09 Å². The van der Waals surface area contributed by atoms with Gasteiger partial charge in [0.05, 0.1) is 19.1 Å². The van der Waals surface area contributed by atoms with Crippen LogP contribution in [0.25, 0.3) is 5.69 Å². The number of imidazole rings is 1. The normalized spacial score (nSPS) is 10.6. The minimum atomic E-state index is -0.561. The summed E-state index contributed by atoms with van der Waals surface area (Å²) in [5, 5.41) is 3.78. The zero-order valence-corrected chi connectivity index (χ0v) is 10.5. The average Bonchev–Trinajstić information content (AvgIpc) is 2.94. The number of ether oxygens (including phenoxy) is 1. The SMILES string of the molecule is CCOC(=O)N/N=C/c1ccc(-n2ccnc2)cc1. The van der Waals surface area contributed by atoms with Crippen LogP contribution in [0, 0.1) is 0 Å². The molecule has 0 aliphatic carbocycles. The van der Waals surface area contributed by atoms with Gasteiger partial charge in [-0.1, -0.05) is 12.1 Å². The molecule has 0 aliphatic heterocycles. The molecule has 6 heteroatoms. The van der Waals surface area contributed by atoms with Crippen LogP contribution in [0.4, 0.5) is 4.79 Å². The van der Waals surface area contributed by atoms with Gasteiger partial charge in [-0.05, 0) is 24.6 Å². The van der Waals surface area contributed by atoms with E-state index in [0.717, 1.165) is 11.3 Å². The zero-order valence-electron chi connectivity index (χ0n) is 10.5. The molecule has 0 unspecified atom stereocenters. The van der Waals surface area contributed by atoms with Crippen LogP contribution >= 0.6 is 0 Å². The van der Waals surface area contributed by atoms with Crippen molar-refractivity contribution in [1.29, 1.82) is 0 Å². The first kappa shape index (κ1) is 12.8. The fourth-order valence-corrected chi connectivity index (χ4v) is 1.47. The van der Waals surface area contributed by atoms with E-state index in [-0.39, 0.29) is 0 Å². The van der Waals surface area contributed by atoms with Gasteiger partial charge < -0.3 is 9.30 Å². The van der Waals surface area contributed by atoms with Crippen molar-refractivity contribution in [2.75, 3.05) is 6.61 Å². The van der Waals surface area contributed by atoms with Gasteiger partial charge in [0.15, 0.2) is 0 Å². The van der Waals surface area contributed by atoms with E-state index in [4.69, 9.17) is 0 Å². The Morgan fingerprint density at radius 1 is 1.47 bits per heavy atom. The van der Waals surface area contributed by atoms with Gasteiger partial charge in [-0.25, -0.2) is 15.2 Å². The molecule has 0 radical (unpaired) electrons. The second-order valence-electron chi connectivity index (χ2n) is 3.65. The van der Waals surface area contributed by atoms with Crippen LogP contribution in [-0.4, -0.2) is 28.5 Å². The standard InChI is InChI=1S/C13H14N4O2/c1-2-19-13(18)16-15-9-11-3-5-12(6-4-11)17-8-7-14-10-17/h3-10H,2H2,1H3,(H,16,18)/b15-9+. The highest BCUT2D eigenvalue weighted by Gasteiger charge is 1.97. The minimum absolute atomic E-state index is 0.320. The monoisotopic (exact) mass is 258 g/mol. The number of nitrogens with zero attached hydrogens (tertiary/aromatic N) is 3. The molecule has 0 bridgehead atoms. The number of carbonyl (C=O) groups is 1. The van der Waals surface area contributed by atoms with E-state index in [9.17, 15) is 4.79 Å². The summed E-state index contributed by atoms with van der Waals surface area (Å²) in [6, 6.07) is 7.66. The summed E-state index contributed by atoms with van der Waals surface area (Å²) < 4.78 is 6.57. The molecule has 19 heavy (non-hydrogen) atoms. The average molecular weight is 258 g/mol. The van der Waals surface area contributed by atoms with Crippen molar-refractivity contribution in [1.82, 2.24) is 15.0 Å². The highest BCUT2D eigenvalue weighted by molar-refractivity contribution is 5.81. The van der Waals surface area contributed by atoms with Gasteiger partial charge in [-0.3, -0.25) is 0 Å². The van der Waals surface area contributed by atoms with Crippen molar-refractivity contribution < 1.29 is 9.53 Å². The summed E-state index contributed by atoms with van der Waals surface area (Å²) >= 11 is 0. The van der Waals surface area contributed by atoms with Gasteiger partial charge in [0.1, 0.15) is 0 Å². The number of carbonyl (C=O) groups excluding carboxylic acids is 1. The fraction of sp³-hybridized carbons (Fsp3) is 0.154. The topological polar surface area (TPSA) is 68.5 Å². The molecular formula is C13H14N4O2. The van der Waals surface area contributed by atoms with Crippen molar-refractivity contribution in [2.45, 2.75) is 6.92 Å². The van der Waals surface area contributed by atoms with Crippen LogP contribution < -0.4 is 5.43 Å². The molecule has 1 aromatic heterocycles. The number of hydrazone groups is 1. The molecule has 0 fully saturated rings. The second kappa shape index (κ2) is 6.34. The molecule has 0 saturated heterocycles. The third kappa shape index (κ3) is 3.67. The van der Waals surface area contributed by atoms with E-state index in [1.807, 2.05) is 35.0 Å². The first-order chi connectivity index (χ1) is 9.29. The Labute approximate surface area is 110 Å². The van der Waals surface area contributed by atoms with Gasteiger partial charge in [0.2, 0.25) is 0 Å². The molecular weight excluding hydrogens is 244 g/mol. The lowest BCUT2D eigenvalue weighted by Gasteiger charge is -2.02. The lowest BCUT2D eigenvalue weighted by molar-refractivity contribution is 0.152. The Kier molecular flexibility index (Phi) is 4.28. The van der Waals surface area contributed by atoms with Gasteiger partial charge in [-0.2, -0.15) is 5.10 Å². The van der Waals surface area contributed by atoms with Crippen molar-refractivity contribution in [3.8, 4) is 5.69 Å². The minimum Gasteiger partial charge on any atom is -0.449 e. The summed E-state index contributed by atoms with van der Waals surface area (Å²) in [5.74, 6) is 0. The number of amides is 1. The van der Waals surface area contributed by atoms with Gasteiger partial charge in [0.25, 0.3) is 0 Å². The molecule has 6 nitrogen and oxygen atoms in total. The quantitative estimate of drug-likeness (QED) is 0.673. The molecule has 1 amide bonds. The van der Waals surface area contributed by atoms with E-state index >= 15 is 0 Å². The van der Waals surface area contributed by atoms with Crippen molar-refractivity contribution in [3.05, 3.63) is 48.5 Å². The predicted octanol–water partition coefficient (Wildman–Crippen LogP) is 1.95. The van der Waals surface area contributed by atoms with E-state index in [0.29, 0.717) is 6.61 Å². The maximum atomic E-state index is 11.0. The highest BCUT2D eigenvalue weighted by atomic mass is 16.5. The van der Waals surface area contributed by atoms with Gasteiger partial charge in [-0.15, -0.1) is 0 Å². The van der Waals surface area contributed by atoms with Crippen LogP contribution in [0.3, 0.4) is 0 Å². The van der Waals surface area contributed by atoms with E-state index in [1.54, 1.807) is 25.7 Å². The summed E-state index contributed by atoms with van der Waals surface area (Å²) in [4.78, 5) is 15.0. The number of nitrogens with one attached hydrogen (secondary N) is 1. The van der Waals surface area contributed by atoms with Gasteiger partial charge in [0, 0.05) is 18.1 Å². The molecule has 0 atom stereocenters. The fourth-order valence-electron chi connectivity index (χ4n) is 1.47. The van der Waals surface area contributed by atoms with Crippen LogP contribution in [0.15, 0.2) is 48.1 Å². The van der Waals surface area contributed by atoms with Crippen molar-refractivity contribution in [3.63, 3.8) is 0 Å². The Morgan fingerprint density at radius 2 is 2.26 bits per heavy atom. The number of aromatic nitrogens is 2. The van der Waals surface area contributed by atoms with Crippen LogP contribution in [0.1, 0.15) is 12.5 Å². The number of benzene rings is 1. The summed E-state index contributed by atoms with van der Waals surface area (Å²) in [5.41, 5.74) is 4.15. The maximum Gasteiger partial charge on any atom is 0.427 e. The van der Waals surface area contributed by atoms with Crippen LogP contribution in [-0.2, 0) is 4.74 Å². The Morgan fingerprint density at radius 3 is 2.89 bits per heavy atom.